The maximum atomic E-state index is 12.0. The number of rotatable bonds is 10. The lowest BCUT2D eigenvalue weighted by atomic mass is 10.1. The number of thiophene rings is 1. The highest BCUT2D eigenvalue weighted by Crippen LogP contribution is 2.23. The summed E-state index contributed by atoms with van der Waals surface area (Å²) in [5, 5.41) is 22.7. The molecule has 0 bridgehead atoms. The van der Waals surface area contributed by atoms with Gasteiger partial charge in [0.15, 0.2) is 0 Å². The van der Waals surface area contributed by atoms with E-state index in [1.807, 2.05) is 53.9 Å². The van der Waals surface area contributed by atoms with Crippen LogP contribution in [-0.2, 0) is 25.5 Å². The number of benzene rings is 2. The second-order valence-corrected chi connectivity index (χ2v) is 9.52. The zero-order valence-electron chi connectivity index (χ0n) is 21.2. The van der Waals surface area contributed by atoms with Crippen molar-refractivity contribution in [3.05, 3.63) is 75.0 Å². The van der Waals surface area contributed by atoms with Crippen LogP contribution in [0.1, 0.15) is 32.1 Å². The molecule has 11 heteroatoms. The largest absolute Gasteiger partial charge is 0.507 e. The number of aromatic hydroxyl groups is 1. The maximum Gasteiger partial charge on any atom is 0.412 e. The van der Waals surface area contributed by atoms with E-state index in [1.54, 1.807) is 38.3 Å². The van der Waals surface area contributed by atoms with Crippen molar-refractivity contribution in [3.8, 4) is 5.75 Å². The second kappa shape index (κ2) is 14.6. The zero-order valence-corrected chi connectivity index (χ0v) is 22.1. The van der Waals surface area contributed by atoms with E-state index in [9.17, 15) is 24.8 Å². The molecular formula is C26H32N2O8S. The van der Waals surface area contributed by atoms with Crippen molar-refractivity contribution in [2.24, 2.45) is 5.92 Å². The molecule has 10 nitrogen and oxygen atoms in total. The number of hydrogen-bond acceptors (Lipinski definition) is 9. The fourth-order valence-corrected chi connectivity index (χ4v) is 4.01. The lowest BCUT2D eigenvalue weighted by Gasteiger charge is -2.22. The standard InChI is InChI=1S/C16H24N2O7S.C10H8O/c1-11(2)14(25-18(21)22)15(19)23-12(3)24-16(20)17(4)9-5-7-13-8-6-10-26-13;11-10-7-3-5-8-4-1-2-6-9(8)10/h6,8,10-12,14H,5,7,9H2,1-4H3;1-7,11H/t12?,14-;/m1./s1. The Morgan fingerprint density at radius 2 is 1.76 bits per heavy atom. The molecular weight excluding hydrogens is 500 g/mol. The Morgan fingerprint density at radius 1 is 1.05 bits per heavy atom. The van der Waals surface area contributed by atoms with Gasteiger partial charge in [0.25, 0.3) is 5.09 Å². The van der Waals surface area contributed by atoms with Crippen LogP contribution in [0, 0.1) is 16.0 Å². The minimum absolute atomic E-state index is 0.350. The van der Waals surface area contributed by atoms with Gasteiger partial charge in [-0.1, -0.05) is 56.3 Å². The first-order valence-corrected chi connectivity index (χ1v) is 12.6. The van der Waals surface area contributed by atoms with Gasteiger partial charge in [0.1, 0.15) is 5.75 Å². The van der Waals surface area contributed by atoms with E-state index in [1.165, 1.54) is 16.7 Å². The van der Waals surface area contributed by atoms with E-state index < -0.39 is 35.5 Å². The van der Waals surface area contributed by atoms with Gasteiger partial charge in [0.05, 0.1) is 0 Å². The van der Waals surface area contributed by atoms with Gasteiger partial charge >= 0.3 is 12.1 Å². The molecule has 1 aromatic heterocycles. The lowest BCUT2D eigenvalue weighted by Crippen LogP contribution is -2.38. The third-order valence-corrected chi connectivity index (χ3v) is 6.10. The summed E-state index contributed by atoms with van der Waals surface area (Å²) in [6.45, 7) is 5.00. The van der Waals surface area contributed by atoms with Crippen molar-refractivity contribution in [1.29, 1.82) is 0 Å². The summed E-state index contributed by atoms with van der Waals surface area (Å²) in [5.74, 6) is -1.09. The van der Waals surface area contributed by atoms with Crippen LogP contribution in [-0.4, -0.2) is 53.1 Å². The topological polar surface area (TPSA) is 128 Å². The van der Waals surface area contributed by atoms with Crippen LogP contribution in [0.4, 0.5) is 4.79 Å². The molecule has 1 N–H and O–H groups in total. The lowest BCUT2D eigenvalue weighted by molar-refractivity contribution is -0.766. The van der Waals surface area contributed by atoms with Gasteiger partial charge < -0.3 is 19.5 Å². The highest BCUT2D eigenvalue weighted by Gasteiger charge is 2.30. The molecule has 0 fully saturated rings. The number of phenolic OH excluding ortho intramolecular Hbond substituents is 1. The maximum absolute atomic E-state index is 12.0. The minimum Gasteiger partial charge on any atom is -0.507 e. The number of nitrogens with zero attached hydrogens (tertiary/aromatic N) is 2. The Bertz CT molecular complexity index is 1150. The number of carbonyl (C=O) groups excluding carboxylic acids is 2. The number of carbonyl (C=O) groups is 2. The predicted molar refractivity (Wildman–Crippen MR) is 140 cm³/mol. The summed E-state index contributed by atoms with van der Waals surface area (Å²) >= 11 is 1.66. The monoisotopic (exact) mass is 532 g/mol. The summed E-state index contributed by atoms with van der Waals surface area (Å²) in [5.41, 5.74) is 0. The normalized spacial score (nSPS) is 12.1. The first-order valence-electron chi connectivity index (χ1n) is 11.7. The zero-order chi connectivity index (χ0) is 27.4. The summed E-state index contributed by atoms with van der Waals surface area (Å²) in [6, 6.07) is 17.3. The highest BCUT2D eigenvalue weighted by molar-refractivity contribution is 7.09. The molecule has 2 atom stereocenters. The van der Waals surface area contributed by atoms with E-state index in [0.29, 0.717) is 12.3 Å². The van der Waals surface area contributed by atoms with Crippen molar-refractivity contribution >= 4 is 34.2 Å². The number of aryl methyl sites for hydroxylation is 1. The van der Waals surface area contributed by atoms with Crippen molar-refractivity contribution in [1.82, 2.24) is 4.90 Å². The van der Waals surface area contributed by atoms with Gasteiger partial charge in [0, 0.05) is 30.8 Å². The number of hydrogen-bond donors (Lipinski definition) is 1. The smallest absolute Gasteiger partial charge is 0.412 e. The Morgan fingerprint density at radius 3 is 2.38 bits per heavy atom. The predicted octanol–water partition coefficient (Wildman–Crippen LogP) is 5.42. The molecule has 1 heterocycles. The van der Waals surface area contributed by atoms with E-state index in [4.69, 9.17) is 9.47 Å². The first kappa shape index (κ1) is 29.4. The minimum atomic E-state index is -1.38. The van der Waals surface area contributed by atoms with Crippen LogP contribution >= 0.6 is 11.3 Å². The van der Waals surface area contributed by atoms with Crippen LogP contribution in [0.5, 0.6) is 5.75 Å². The Labute approximate surface area is 219 Å². The first-order chi connectivity index (χ1) is 17.6. The third-order valence-electron chi connectivity index (χ3n) is 5.16. The van der Waals surface area contributed by atoms with Crippen molar-refractivity contribution in [2.45, 2.75) is 46.0 Å². The molecule has 0 saturated carbocycles. The molecule has 0 saturated heterocycles. The summed E-state index contributed by atoms with van der Waals surface area (Å²) < 4.78 is 9.95. The van der Waals surface area contributed by atoms with Crippen LogP contribution in [0.3, 0.4) is 0 Å². The Balaban J connectivity index is 0.000000358. The van der Waals surface area contributed by atoms with Crippen molar-refractivity contribution in [2.75, 3.05) is 13.6 Å². The van der Waals surface area contributed by atoms with Crippen LogP contribution in [0.25, 0.3) is 10.8 Å². The number of esters is 1. The fraction of sp³-hybridized carbons (Fsp3) is 0.385. The van der Waals surface area contributed by atoms with Gasteiger partial charge in [-0.3, -0.25) is 4.84 Å². The Hall–Kier alpha value is -3.86. The van der Waals surface area contributed by atoms with E-state index in [2.05, 4.69) is 4.84 Å². The van der Waals surface area contributed by atoms with Crippen molar-refractivity contribution < 1.29 is 34.1 Å². The molecule has 1 amide bonds. The van der Waals surface area contributed by atoms with Crippen LogP contribution in [0.15, 0.2) is 60.0 Å². The molecule has 3 aromatic rings. The average Bonchev–Trinajstić information content (AvgIpc) is 3.36. The SMILES string of the molecule is CC(OC(=O)[C@H](O[N+](=O)[O-])C(C)C)OC(=O)N(C)CCCc1cccs1.Oc1cccc2ccccc12. The number of amides is 1. The van der Waals surface area contributed by atoms with Gasteiger partial charge in [-0.2, -0.15) is 0 Å². The molecule has 0 aliphatic rings. The number of ether oxygens (including phenoxy) is 2. The number of fused-ring (bicyclic) bond motifs is 1. The van der Waals surface area contributed by atoms with Crippen LogP contribution in [0.2, 0.25) is 0 Å². The van der Waals surface area contributed by atoms with E-state index in [-0.39, 0.29) is 0 Å². The van der Waals surface area contributed by atoms with E-state index in [0.717, 1.165) is 23.6 Å². The van der Waals surface area contributed by atoms with Gasteiger partial charge in [-0.25, -0.2) is 9.59 Å². The van der Waals surface area contributed by atoms with Gasteiger partial charge in [-0.15, -0.1) is 21.5 Å². The fourth-order valence-electron chi connectivity index (χ4n) is 3.26. The van der Waals surface area contributed by atoms with Crippen molar-refractivity contribution in [3.63, 3.8) is 0 Å². The van der Waals surface area contributed by atoms with E-state index >= 15 is 0 Å². The molecule has 1 unspecified atom stereocenters. The molecule has 2 aromatic carbocycles. The molecule has 3 rings (SSSR count). The van der Waals surface area contributed by atoms with Gasteiger partial charge in [-0.05, 0) is 41.7 Å². The number of phenols is 1. The molecule has 0 aliphatic carbocycles. The molecule has 200 valence electrons. The van der Waals surface area contributed by atoms with Crippen LogP contribution < -0.4 is 0 Å². The second-order valence-electron chi connectivity index (χ2n) is 8.48. The quantitative estimate of drug-likeness (QED) is 0.159. The third kappa shape index (κ3) is 9.96. The highest BCUT2D eigenvalue weighted by atomic mass is 32.1. The molecule has 0 aliphatic heterocycles. The summed E-state index contributed by atoms with van der Waals surface area (Å²) in [7, 11) is 1.58. The summed E-state index contributed by atoms with van der Waals surface area (Å²) in [6.07, 6.45) is -1.59. The summed E-state index contributed by atoms with van der Waals surface area (Å²) in [4.78, 5) is 41.3. The Kier molecular flexibility index (Phi) is 11.6. The molecule has 0 radical (unpaired) electrons. The molecule has 0 spiro atoms. The average molecular weight is 533 g/mol. The van der Waals surface area contributed by atoms with Gasteiger partial charge in [0.2, 0.25) is 12.4 Å². The molecule has 37 heavy (non-hydrogen) atoms.